The van der Waals surface area contributed by atoms with E-state index in [9.17, 15) is 20.0 Å². The van der Waals surface area contributed by atoms with Gasteiger partial charge in [0, 0.05) is 34.8 Å². The molecule has 3 rings (SSSR count). The molecule has 3 N–H and O–H groups in total. The van der Waals surface area contributed by atoms with Gasteiger partial charge in [-0.25, -0.2) is 0 Å². The van der Waals surface area contributed by atoms with E-state index in [1.54, 1.807) is 18.3 Å². The Bertz CT molecular complexity index is 1130. The zero-order valence-electron chi connectivity index (χ0n) is 20.0. The number of non-ortho nitro benzene ring substituents is 1. The number of benzene rings is 2. The lowest BCUT2D eigenvalue weighted by Gasteiger charge is -2.34. The van der Waals surface area contributed by atoms with Crippen LogP contribution in [-0.4, -0.2) is 52.9 Å². The van der Waals surface area contributed by atoms with Crippen molar-refractivity contribution in [3.63, 3.8) is 0 Å². The van der Waals surface area contributed by atoms with Gasteiger partial charge < -0.3 is 24.5 Å². The molecule has 1 heterocycles. The number of quaternary nitrogens is 1. The monoisotopic (exact) mass is 470 g/mol. The first kappa shape index (κ1) is 25.2. The topological polar surface area (TPSA) is 119 Å². The van der Waals surface area contributed by atoms with E-state index in [0.717, 1.165) is 26.9 Å². The molecule has 9 heteroatoms. The van der Waals surface area contributed by atoms with Crippen molar-refractivity contribution < 1.29 is 29.2 Å². The van der Waals surface area contributed by atoms with Crippen molar-refractivity contribution in [2.75, 3.05) is 20.3 Å². The standard InChI is InChI=1S/C25H31N3O6/c1-25(2,3)27(14-17-8-10-19(11-9-17)28(31)32)15-20(29)16-34-22-7-5-6-21-24(22)18(13-26-21)12-23(30)33-4/h5-11,13,20,26,29H,12,14-16H2,1-4H3/p+1. The van der Waals surface area contributed by atoms with E-state index < -0.39 is 11.0 Å². The summed E-state index contributed by atoms with van der Waals surface area (Å²) >= 11 is 0. The fourth-order valence-corrected chi connectivity index (χ4v) is 3.86. The number of nitrogens with one attached hydrogen (secondary N) is 2. The van der Waals surface area contributed by atoms with Crippen molar-refractivity contribution in [3.05, 3.63) is 69.9 Å². The van der Waals surface area contributed by atoms with Crippen LogP contribution in [0.4, 0.5) is 5.69 Å². The molecule has 3 aromatic rings. The molecule has 0 aliphatic rings. The van der Waals surface area contributed by atoms with Crippen LogP contribution in [-0.2, 0) is 22.5 Å². The summed E-state index contributed by atoms with van der Waals surface area (Å²) in [4.78, 5) is 26.5. The highest BCUT2D eigenvalue weighted by atomic mass is 16.6. The Labute approximate surface area is 198 Å². The highest BCUT2D eigenvalue weighted by Crippen LogP contribution is 2.29. The molecule has 0 aliphatic heterocycles. The van der Waals surface area contributed by atoms with Gasteiger partial charge >= 0.3 is 5.97 Å². The molecule has 2 aromatic carbocycles. The Morgan fingerprint density at radius 3 is 2.53 bits per heavy atom. The second-order valence-electron chi connectivity index (χ2n) is 9.37. The first-order chi connectivity index (χ1) is 16.1. The smallest absolute Gasteiger partial charge is 0.310 e. The predicted octanol–water partition coefficient (Wildman–Crippen LogP) is 2.41. The fraction of sp³-hybridized carbons (Fsp3) is 0.400. The van der Waals surface area contributed by atoms with Gasteiger partial charge in [0.05, 0.1) is 24.0 Å². The minimum Gasteiger partial charge on any atom is -0.490 e. The Kier molecular flexibility index (Phi) is 7.90. The number of aromatic nitrogens is 1. The number of fused-ring (bicyclic) bond motifs is 1. The summed E-state index contributed by atoms with van der Waals surface area (Å²) < 4.78 is 10.8. The third-order valence-corrected chi connectivity index (χ3v) is 5.85. The van der Waals surface area contributed by atoms with Crippen LogP contribution in [0.2, 0.25) is 0 Å². The van der Waals surface area contributed by atoms with Gasteiger partial charge in [0.25, 0.3) is 5.69 Å². The van der Waals surface area contributed by atoms with Gasteiger partial charge in [-0.2, -0.15) is 0 Å². The number of nitrogens with zero attached hydrogens (tertiary/aromatic N) is 1. The van der Waals surface area contributed by atoms with Crippen molar-refractivity contribution in [2.45, 2.75) is 45.4 Å². The number of hydrogen-bond donors (Lipinski definition) is 3. The second kappa shape index (κ2) is 10.7. The van der Waals surface area contributed by atoms with E-state index in [1.807, 2.05) is 18.2 Å². The lowest BCUT2D eigenvalue weighted by Crippen LogP contribution is -3.18. The number of nitro groups is 1. The summed E-state index contributed by atoms with van der Waals surface area (Å²) in [6.07, 6.45) is 1.14. The number of rotatable bonds is 10. The Morgan fingerprint density at radius 1 is 1.21 bits per heavy atom. The maximum atomic E-state index is 11.8. The van der Waals surface area contributed by atoms with E-state index >= 15 is 0 Å². The number of carbonyl (C=O) groups excluding carboxylic acids is 1. The summed E-state index contributed by atoms with van der Waals surface area (Å²) in [5.41, 5.74) is 2.45. The fourth-order valence-electron chi connectivity index (χ4n) is 3.86. The summed E-state index contributed by atoms with van der Waals surface area (Å²) in [5.74, 6) is 0.246. The molecule has 0 fully saturated rings. The highest BCUT2D eigenvalue weighted by Gasteiger charge is 2.28. The van der Waals surface area contributed by atoms with Crippen LogP contribution < -0.4 is 9.64 Å². The molecule has 0 amide bonds. The van der Waals surface area contributed by atoms with Crippen molar-refractivity contribution in [2.24, 2.45) is 0 Å². The van der Waals surface area contributed by atoms with Crippen molar-refractivity contribution >= 4 is 22.6 Å². The van der Waals surface area contributed by atoms with Crippen molar-refractivity contribution in [1.29, 1.82) is 0 Å². The van der Waals surface area contributed by atoms with E-state index in [1.165, 1.54) is 19.2 Å². The van der Waals surface area contributed by atoms with Gasteiger partial charge in [0.15, 0.2) is 0 Å². The lowest BCUT2D eigenvalue weighted by molar-refractivity contribution is -0.962. The Morgan fingerprint density at radius 2 is 1.91 bits per heavy atom. The maximum absolute atomic E-state index is 11.8. The summed E-state index contributed by atoms with van der Waals surface area (Å²) in [6, 6.07) is 12.1. The number of esters is 1. The quantitative estimate of drug-likeness (QED) is 0.238. The number of H-pyrrole nitrogens is 1. The molecule has 0 saturated heterocycles. The number of aliphatic hydroxyl groups excluding tert-OH is 1. The van der Waals surface area contributed by atoms with Gasteiger partial charge in [-0.3, -0.25) is 14.9 Å². The summed E-state index contributed by atoms with van der Waals surface area (Å²) in [6.45, 7) is 7.37. The molecule has 1 aromatic heterocycles. The number of nitro benzene ring substituents is 1. The van der Waals surface area contributed by atoms with Crippen LogP contribution >= 0.6 is 0 Å². The molecular weight excluding hydrogens is 438 g/mol. The summed E-state index contributed by atoms with van der Waals surface area (Å²) in [7, 11) is 1.35. The molecule has 182 valence electrons. The Hall–Kier alpha value is -3.43. The molecule has 0 radical (unpaired) electrons. The first-order valence-electron chi connectivity index (χ1n) is 11.1. The molecule has 0 saturated carbocycles. The first-order valence-corrected chi connectivity index (χ1v) is 11.1. The summed E-state index contributed by atoms with van der Waals surface area (Å²) in [5, 5.41) is 22.5. The molecule has 0 aliphatic carbocycles. The number of aliphatic hydroxyl groups is 1. The van der Waals surface area contributed by atoms with Crippen LogP contribution in [0.1, 0.15) is 31.9 Å². The average molecular weight is 471 g/mol. The van der Waals surface area contributed by atoms with E-state index in [-0.39, 0.29) is 30.2 Å². The third-order valence-electron chi connectivity index (χ3n) is 5.85. The zero-order valence-corrected chi connectivity index (χ0v) is 20.0. The number of hydrogen-bond acceptors (Lipinski definition) is 6. The van der Waals surface area contributed by atoms with E-state index in [4.69, 9.17) is 9.47 Å². The van der Waals surface area contributed by atoms with Gasteiger partial charge in [-0.15, -0.1) is 0 Å². The SMILES string of the molecule is COC(=O)Cc1c[nH]c2cccc(OCC(O)C[NH+](Cc3ccc([N+](=O)[O-])cc3)C(C)(C)C)c12. The minimum atomic E-state index is -0.745. The maximum Gasteiger partial charge on any atom is 0.310 e. The minimum absolute atomic E-state index is 0.0556. The van der Waals surface area contributed by atoms with Crippen LogP contribution in [0.5, 0.6) is 5.75 Å². The van der Waals surface area contributed by atoms with Gasteiger partial charge in [0.2, 0.25) is 0 Å². The predicted molar refractivity (Wildman–Crippen MR) is 128 cm³/mol. The van der Waals surface area contributed by atoms with Crippen LogP contribution in [0.15, 0.2) is 48.7 Å². The van der Waals surface area contributed by atoms with Gasteiger partial charge in [-0.1, -0.05) is 6.07 Å². The van der Waals surface area contributed by atoms with Crippen LogP contribution in [0, 0.1) is 10.1 Å². The molecular formula is C25H32N3O6+. The molecule has 9 nitrogen and oxygen atoms in total. The molecule has 2 atom stereocenters. The van der Waals surface area contributed by atoms with E-state index in [2.05, 4.69) is 25.8 Å². The Balaban J connectivity index is 1.69. The largest absolute Gasteiger partial charge is 0.490 e. The number of aromatic amines is 1. The molecule has 0 spiro atoms. The number of carbonyl (C=O) groups is 1. The van der Waals surface area contributed by atoms with Gasteiger partial charge in [-0.05, 0) is 50.6 Å². The lowest BCUT2D eigenvalue weighted by atomic mass is 10.0. The highest BCUT2D eigenvalue weighted by molar-refractivity contribution is 5.92. The van der Waals surface area contributed by atoms with Gasteiger partial charge in [0.1, 0.15) is 31.5 Å². The zero-order chi connectivity index (χ0) is 24.9. The third kappa shape index (κ3) is 6.33. The van der Waals surface area contributed by atoms with Crippen LogP contribution in [0.3, 0.4) is 0 Å². The second-order valence-corrected chi connectivity index (χ2v) is 9.37. The van der Waals surface area contributed by atoms with Crippen molar-refractivity contribution in [1.82, 2.24) is 4.98 Å². The number of methoxy groups -OCH3 is 1. The van der Waals surface area contributed by atoms with Crippen molar-refractivity contribution in [3.8, 4) is 5.75 Å². The average Bonchev–Trinajstić information content (AvgIpc) is 3.20. The number of ether oxygens (including phenoxy) is 2. The molecule has 0 bridgehead atoms. The normalized spacial score (nSPS) is 13.4. The van der Waals surface area contributed by atoms with Crippen LogP contribution in [0.25, 0.3) is 10.9 Å². The molecule has 2 unspecified atom stereocenters. The van der Waals surface area contributed by atoms with E-state index in [0.29, 0.717) is 18.8 Å². The molecule has 34 heavy (non-hydrogen) atoms.